The predicted molar refractivity (Wildman–Crippen MR) is 68.6 cm³/mol. The fraction of sp³-hybridized carbons (Fsp3) is 0.929. The molecule has 0 saturated heterocycles. The Bertz CT molecular complexity index is 228. The molecule has 15 heavy (non-hydrogen) atoms. The summed E-state index contributed by atoms with van der Waals surface area (Å²) >= 11 is 0. The summed E-state index contributed by atoms with van der Waals surface area (Å²) < 4.78 is 0. The van der Waals surface area contributed by atoms with Crippen molar-refractivity contribution in [3.63, 3.8) is 0 Å². The molecular weight excluding hydrogens is 182 g/mol. The molecule has 1 rings (SSSR count). The molecule has 0 radical (unpaired) electrons. The van der Waals surface area contributed by atoms with E-state index in [2.05, 4.69) is 41.5 Å². The molecule has 0 N–H and O–H groups in total. The highest BCUT2D eigenvalue weighted by Crippen LogP contribution is 2.44. The maximum atomic E-state index is 4.79. The molecule has 0 aliphatic heterocycles. The Kier molecular flexibility index (Phi) is 3.63. The molecule has 1 fully saturated rings. The van der Waals surface area contributed by atoms with Crippen molar-refractivity contribution in [1.29, 1.82) is 0 Å². The topological polar surface area (TPSA) is 12.4 Å². The van der Waals surface area contributed by atoms with Crippen LogP contribution in [0.5, 0.6) is 0 Å². The van der Waals surface area contributed by atoms with Crippen molar-refractivity contribution in [3.05, 3.63) is 0 Å². The summed E-state index contributed by atoms with van der Waals surface area (Å²) in [6.07, 6.45) is 3.72. The van der Waals surface area contributed by atoms with E-state index in [1.165, 1.54) is 25.0 Å². The lowest BCUT2D eigenvalue weighted by molar-refractivity contribution is 0.182. The van der Waals surface area contributed by atoms with E-state index in [9.17, 15) is 0 Å². The van der Waals surface area contributed by atoms with Gasteiger partial charge in [0.25, 0.3) is 0 Å². The zero-order valence-corrected chi connectivity index (χ0v) is 11.4. The molecule has 1 aliphatic rings. The average molecular weight is 209 g/mol. The molecule has 88 valence electrons. The van der Waals surface area contributed by atoms with E-state index in [0.717, 1.165) is 6.54 Å². The molecule has 0 amide bonds. The SMILES string of the molecule is CC(C)CN=C1CC(C)(C)CC(C)(C)C1. The van der Waals surface area contributed by atoms with Gasteiger partial charge in [-0.3, -0.25) is 4.99 Å². The van der Waals surface area contributed by atoms with Crippen LogP contribution < -0.4 is 0 Å². The number of hydrogen-bond donors (Lipinski definition) is 0. The summed E-state index contributed by atoms with van der Waals surface area (Å²) in [5, 5.41) is 0. The van der Waals surface area contributed by atoms with E-state index in [4.69, 9.17) is 4.99 Å². The molecule has 1 aliphatic carbocycles. The Morgan fingerprint density at radius 2 is 1.53 bits per heavy atom. The summed E-state index contributed by atoms with van der Waals surface area (Å²) in [7, 11) is 0. The lowest BCUT2D eigenvalue weighted by atomic mass is 9.64. The Hall–Kier alpha value is -0.330. The van der Waals surface area contributed by atoms with Crippen molar-refractivity contribution in [2.24, 2.45) is 21.7 Å². The van der Waals surface area contributed by atoms with Crippen molar-refractivity contribution in [3.8, 4) is 0 Å². The fourth-order valence-electron chi connectivity index (χ4n) is 3.01. The molecule has 0 unspecified atom stereocenters. The van der Waals surface area contributed by atoms with Gasteiger partial charge in [0.05, 0.1) is 0 Å². The maximum Gasteiger partial charge on any atom is 0.0411 e. The average Bonchev–Trinajstić information content (AvgIpc) is 1.94. The summed E-state index contributed by atoms with van der Waals surface area (Å²) in [5.41, 5.74) is 2.33. The van der Waals surface area contributed by atoms with Crippen LogP contribution >= 0.6 is 0 Å². The molecule has 0 aromatic carbocycles. The van der Waals surface area contributed by atoms with Crippen LogP contribution in [0, 0.1) is 16.7 Å². The van der Waals surface area contributed by atoms with Crippen LogP contribution in [0.3, 0.4) is 0 Å². The van der Waals surface area contributed by atoms with Crippen LogP contribution in [0.4, 0.5) is 0 Å². The van der Waals surface area contributed by atoms with Gasteiger partial charge < -0.3 is 0 Å². The first-order valence-electron chi connectivity index (χ1n) is 6.22. The summed E-state index contributed by atoms with van der Waals surface area (Å²) in [5.74, 6) is 0.686. The molecule has 0 aromatic heterocycles. The van der Waals surface area contributed by atoms with Gasteiger partial charge in [-0.1, -0.05) is 41.5 Å². The van der Waals surface area contributed by atoms with Gasteiger partial charge in [-0.25, -0.2) is 0 Å². The number of rotatable bonds is 2. The number of aliphatic imine (C=N–C) groups is 1. The van der Waals surface area contributed by atoms with E-state index in [0.29, 0.717) is 16.7 Å². The summed E-state index contributed by atoms with van der Waals surface area (Å²) in [6.45, 7) is 15.0. The highest BCUT2D eigenvalue weighted by molar-refractivity contribution is 5.86. The Balaban J connectivity index is 2.71. The molecule has 0 aromatic rings. The third-order valence-electron chi connectivity index (χ3n) is 3.00. The monoisotopic (exact) mass is 209 g/mol. The van der Waals surface area contributed by atoms with Crippen LogP contribution in [0.1, 0.15) is 60.8 Å². The minimum absolute atomic E-state index is 0.442. The Morgan fingerprint density at radius 3 is 1.93 bits per heavy atom. The van der Waals surface area contributed by atoms with Gasteiger partial charge in [-0.05, 0) is 36.0 Å². The normalized spacial score (nSPS) is 24.3. The van der Waals surface area contributed by atoms with Crippen LogP contribution in [0.2, 0.25) is 0 Å². The molecular formula is C14H27N. The highest BCUT2D eigenvalue weighted by Gasteiger charge is 2.36. The minimum atomic E-state index is 0.442. The quantitative estimate of drug-likeness (QED) is 0.642. The van der Waals surface area contributed by atoms with Crippen molar-refractivity contribution in [2.75, 3.05) is 6.54 Å². The predicted octanol–water partition coefficient (Wildman–Crippen LogP) is 4.32. The van der Waals surface area contributed by atoms with E-state index in [1.54, 1.807) is 0 Å². The van der Waals surface area contributed by atoms with Crippen LogP contribution in [0.15, 0.2) is 4.99 Å². The van der Waals surface area contributed by atoms with Gasteiger partial charge in [0.1, 0.15) is 0 Å². The van der Waals surface area contributed by atoms with Crippen molar-refractivity contribution < 1.29 is 0 Å². The smallest absolute Gasteiger partial charge is 0.0411 e. The van der Waals surface area contributed by atoms with Crippen molar-refractivity contribution >= 4 is 5.71 Å². The van der Waals surface area contributed by atoms with Crippen molar-refractivity contribution in [2.45, 2.75) is 60.8 Å². The second-order valence-corrected chi connectivity index (χ2v) is 7.16. The van der Waals surface area contributed by atoms with Gasteiger partial charge in [0.15, 0.2) is 0 Å². The molecule has 0 spiro atoms. The van der Waals surface area contributed by atoms with E-state index in [-0.39, 0.29) is 0 Å². The Labute approximate surface area is 95.4 Å². The largest absolute Gasteiger partial charge is 0.294 e. The van der Waals surface area contributed by atoms with E-state index < -0.39 is 0 Å². The third kappa shape index (κ3) is 4.36. The Morgan fingerprint density at radius 1 is 1.07 bits per heavy atom. The fourth-order valence-corrected chi connectivity index (χ4v) is 3.01. The molecule has 1 saturated carbocycles. The molecule has 0 bridgehead atoms. The van der Waals surface area contributed by atoms with Crippen molar-refractivity contribution in [1.82, 2.24) is 0 Å². The van der Waals surface area contributed by atoms with Crippen LogP contribution in [0.25, 0.3) is 0 Å². The molecule has 0 atom stereocenters. The van der Waals surface area contributed by atoms with Crippen LogP contribution in [-0.4, -0.2) is 12.3 Å². The van der Waals surface area contributed by atoms with Gasteiger partial charge in [-0.2, -0.15) is 0 Å². The first-order chi connectivity index (χ1) is 6.70. The van der Waals surface area contributed by atoms with Gasteiger partial charge in [0.2, 0.25) is 0 Å². The minimum Gasteiger partial charge on any atom is -0.294 e. The number of nitrogens with zero attached hydrogens (tertiary/aromatic N) is 1. The van der Waals surface area contributed by atoms with Gasteiger partial charge >= 0.3 is 0 Å². The lowest BCUT2D eigenvalue weighted by Gasteiger charge is -2.41. The van der Waals surface area contributed by atoms with E-state index in [1.807, 2.05) is 0 Å². The maximum absolute atomic E-state index is 4.79. The molecule has 0 heterocycles. The highest BCUT2D eigenvalue weighted by atomic mass is 14.8. The first-order valence-corrected chi connectivity index (χ1v) is 6.22. The molecule has 1 nitrogen and oxygen atoms in total. The lowest BCUT2D eigenvalue weighted by Crippen LogP contribution is -2.34. The standard InChI is InChI=1S/C14H27N/c1-11(2)9-15-12-7-13(3,4)10-14(5,6)8-12/h11H,7-10H2,1-6H3. The van der Waals surface area contributed by atoms with Crippen LogP contribution in [-0.2, 0) is 0 Å². The second kappa shape index (κ2) is 4.27. The van der Waals surface area contributed by atoms with Gasteiger partial charge in [-0.15, -0.1) is 0 Å². The third-order valence-corrected chi connectivity index (χ3v) is 3.00. The first kappa shape index (κ1) is 12.7. The zero-order valence-electron chi connectivity index (χ0n) is 11.4. The van der Waals surface area contributed by atoms with E-state index >= 15 is 0 Å². The van der Waals surface area contributed by atoms with Gasteiger partial charge in [0, 0.05) is 12.3 Å². The molecule has 1 heteroatoms. The zero-order chi connectivity index (χ0) is 11.7. The second-order valence-electron chi connectivity index (χ2n) is 7.16. The number of hydrogen-bond acceptors (Lipinski definition) is 1. The summed E-state index contributed by atoms with van der Waals surface area (Å²) in [4.78, 5) is 4.79. The summed E-state index contributed by atoms with van der Waals surface area (Å²) in [6, 6.07) is 0.